The van der Waals surface area contributed by atoms with Crippen molar-refractivity contribution in [1.82, 2.24) is 0 Å². The first kappa shape index (κ1) is 8.53. The molecule has 2 heteroatoms. The van der Waals surface area contributed by atoms with Crippen molar-refractivity contribution in [2.75, 3.05) is 0 Å². The minimum atomic E-state index is 1.11. The van der Waals surface area contributed by atoms with Crippen LogP contribution in [0.25, 0.3) is 0 Å². The third kappa shape index (κ3) is 2.23. The van der Waals surface area contributed by atoms with Gasteiger partial charge in [-0.2, -0.15) is 0 Å². The van der Waals surface area contributed by atoms with Gasteiger partial charge in [0.25, 0.3) is 0 Å². The Balaban J connectivity index is 3.06. The summed E-state index contributed by atoms with van der Waals surface area (Å²) in [6.07, 6.45) is 1.11. The van der Waals surface area contributed by atoms with Crippen LogP contribution >= 0.6 is 38.5 Å². The van der Waals surface area contributed by atoms with Crippen LogP contribution in [-0.4, -0.2) is 0 Å². The van der Waals surface area contributed by atoms with E-state index >= 15 is 0 Å². The van der Waals surface area contributed by atoms with E-state index in [1.807, 2.05) is 0 Å². The van der Waals surface area contributed by atoms with Crippen molar-refractivity contribution < 1.29 is 0 Å². The van der Waals surface area contributed by atoms with Crippen LogP contribution in [0, 0.1) is 3.57 Å². The molecule has 0 radical (unpaired) electrons. The zero-order valence-corrected chi connectivity index (χ0v) is 9.44. The molecule has 0 amide bonds. The minimum absolute atomic E-state index is 1.11. The van der Waals surface area contributed by atoms with Crippen LogP contribution in [0.1, 0.15) is 12.5 Å². The Morgan fingerprint density at radius 3 is 2.60 bits per heavy atom. The molecule has 0 aliphatic rings. The smallest absolute Gasteiger partial charge is 0.0188 e. The van der Waals surface area contributed by atoms with Crippen LogP contribution in [0.15, 0.2) is 22.7 Å². The zero-order chi connectivity index (χ0) is 7.56. The molecule has 0 bridgehead atoms. The number of benzene rings is 1. The lowest BCUT2D eigenvalue weighted by Crippen LogP contribution is -1.80. The van der Waals surface area contributed by atoms with Gasteiger partial charge < -0.3 is 0 Å². The molecule has 0 unspecified atom stereocenters. The standard InChI is InChI=1S/C8H8BrI/c1-2-6-3-7(9)5-8(10)4-6/h3-5H,2H2,1H3. The molecule has 0 spiro atoms. The monoisotopic (exact) mass is 310 g/mol. The highest BCUT2D eigenvalue weighted by Gasteiger charge is 1.93. The summed E-state index contributed by atoms with van der Waals surface area (Å²) in [5.74, 6) is 0. The first-order valence-electron chi connectivity index (χ1n) is 3.17. The highest BCUT2D eigenvalue weighted by Crippen LogP contribution is 2.17. The van der Waals surface area contributed by atoms with E-state index in [2.05, 4.69) is 63.6 Å². The Bertz CT molecular complexity index is 212. The van der Waals surface area contributed by atoms with Gasteiger partial charge in [-0.15, -0.1) is 0 Å². The molecular weight excluding hydrogens is 303 g/mol. The van der Waals surface area contributed by atoms with Crippen LogP contribution in [-0.2, 0) is 6.42 Å². The predicted molar refractivity (Wildman–Crippen MR) is 56.2 cm³/mol. The third-order valence-corrected chi connectivity index (χ3v) is 2.41. The van der Waals surface area contributed by atoms with Gasteiger partial charge >= 0.3 is 0 Å². The van der Waals surface area contributed by atoms with Crippen LogP contribution in [0.3, 0.4) is 0 Å². The molecule has 0 heterocycles. The number of aryl methyl sites for hydroxylation is 1. The van der Waals surface area contributed by atoms with Crippen molar-refractivity contribution in [2.45, 2.75) is 13.3 Å². The molecule has 0 fully saturated rings. The highest BCUT2D eigenvalue weighted by molar-refractivity contribution is 14.1. The first-order valence-corrected chi connectivity index (χ1v) is 5.04. The average Bonchev–Trinajstić information content (AvgIpc) is 1.85. The van der Waals surface area contributed by atoms with E-state index in [4.69, 9.17) is 0 Å². The zero-order valence-electron chi connectivity index (χ0n) is 5.70. The summed E-state index contributed by atoms with van der Waals surface area (Å²) in [7, 11) is 0. The van der Waals surface area contributed by atoms with Gasteiger partial charge in [-0.3, -0.25) is 0 Å². The lowest BCUT2D eigenvalue weighted by Gasteiger charge is -1.98. The maximum absolute atomic E-state index is 3.45. The summed E-state index contributed by atoms with van der Waals surface area (Å²) >= 11 is 5.77. The summed E-state index contributed by atoms with van der Waals surface area (Å²) in [5, 5.41) is 0. The molecule has 0 saturated carbocycles. The van der Waals surface area contributed by atoms with Gasteiger partial charge in [0.2, 0.25) is 0 Å². The Morgan fingerprint density at radius 2 is 2.10 bits per heavy atom. The highest BCUT2D eigenvalue weighted by atomic mass is 127. The molecule has 0 aliphatic carbocycles. The van der Waals surface area contributed by atoms with Crippen LogP contribution in [0.2, 0.25) is 0 Å². The van der Waals surface area contributed by atoms with Crippen molar-refractivity contribution in [1.29, 1.82) is 0 Å². The number of rotatable bonds is 1. The summed E-state index contributed by atoms with van der Waals surface area (Å²) in [5.41, 5.74) is 1.39. The van der Waals surface area contributed by atoms with E-state index in [9.17, 15) is 0 Å². The predicted octanol–water partition coefficient (Wildman–Crippen LogP) is 3.62. The number of hydrogen-bond donors (Lipinski definition) is 0. The molecule has 0 N–H and O–H groups in total. The lowest BCUT2D eigenvalue weighted by atomic mass is 10.2. The molecule has 0 atom stereocenters. The third-order valence-electron chi connectivity index (χ3n) is 1.33. The van der Waals surface area contributed by atoms with Crippen molar-refractivity contribution in [2.24, 2.45) is 0 Å². The summed E-state index contributed by atoms with van der Waals surface area (Å²) in [4.78, 5) is 0. The number of hydrogen-bond acceptors (Lipinski definition) is 0. The second kappa shape index (κ2) is 3.72. The first-order chi connectivity index (χ1) is 4.72. The Kier molecular flexibility index (Phi) is 3.17. The Hall–Kier alpha value is 0.430. The topological polar surface area (TPSA) is 0 Å². The van der Waals surface area contributed by atoms with E-state index in [1.165, 1.54) is 13.6 Å². The minimum Gasteiger partial charge on any atom is -0.0613 e. The van der Waals surface area contributed by atoms with Gasteiger partial charge in [-0.25, -0.2) is 0 Å². The molecule has 54 valence electrons. The van der Waals surface area contributed by atoms with Gasteiger partial charge in [-0.1, -0.05) is 22.9 Å². The SMILES string of the molecule is CCc1cc(Br)cc(I)c1. The molecule has 0 aliphatic heterocycles. The van der Waals surface area contributed by atoms with Crippen molar-refractivity contribution in [3.05, 3.63) is 31.8 Å². The Morgan fingerprint density at radius 1 is 1.40 bits per heavy atom. The fourth-order valence-electron chi connectivity index (χ4n) is 0.815. The molecule has 1 aromatic rings. The van der Waals surface area contributed by atoms with Gasteiger partial charge in [0.05, 0.1) is 0 Å². The maximum Gasteiger partial charge on any atom is 0.0188 e. The quantitative estimate of drug-likeness (QED) is 0.695. The normalized spacial score (nSPS) is 9.90. The molecular formula is C8H8BrI. The Labute approximate surface area is 83.3 Å². The second-order valence-corrected chi connectivity index (χ2v) is 4.29. The van der Waals surface area contributed by atoms with Gasteiger partial charge in [0, 0.05) is 8.04 Å². The average molecular weight is 311 g/mol. The molecule has 0 saturated heterocycles. The fourth-order valence-corrected chi connectivity index (χ4v) is 2.52. The van der Waals surface area contributed by atoms with Gasteiger partial charge in [-0.05, 0) is 52.8 Å². The van der Waals surface area contributed by atoms with Gasteiger partial charge in [0.1, 0.15) is 0 Å². The fraction of sp³-hybridized carbons (Fsp3) is 0.250. The molecule has 1 aromatic carbocycles. The molecule has 1 rings (SSSR count). The lowest BCUT2D eigenvalue weighted by molar-refractivity contribution is 1.13. The van der Waals surface area contributed by atoms with Crippen molar-refractivity contribution >= 4 is 38.5 Å². The van der Waals surface area contributed by atoms with Crippen LogP contribution in [0.4, 0.5) is 0 Å². The van der Waals surface area contributed by atoms with Gasteiger partial charge in [0.15, 0.2) is 0 Å². The van der Waals surface area contributed by atoms with Crippen molar-refractivity contribution in [3.8, 4) is 0 Å². The molecule has 0 nitrogen and oxygen atoms in total. The van der Waals surface area contributed by atoms with E-state index < -0.39 is 0 Å². The van der Waals surface area contributed by atoms with E-state index in [0.717, 1.165) is 6.42 Å². The largest absolute Gasteiger partial charge is 0.0613 e. The summed E-state index contributed by atoms with van der Waals surface area (Å²) in [6, 6.07) is 6.47. The number of halogens is 2. The maximum atomic E-state index is 3.45. The van der Waals surface area contributed by atoms with E-state index in [0.29, 0.717) is 0 Å². The summed E-state index contributed by atoms with van der Waals surface area (Å²) in [6.45, 7) is 2.16. The molecule has 10 heavy (non-hydrogen) atoms. The van der Waals surface area contributed by atoms with E-state index in [1.54, 1.807) is 0 Å². The van der Waals surface area contributed by atoms with Crippen LogP contribution < -0.4 is 0 Å². The van der Waals surface area contributed by atoms with Crippen LogP contribution in [0.5, 0.6) is 0 Å². The summed E-state index contributed by atoms with van der Waals surface area (Å²) < 4.78 is 2.47. The van der Waals surface area contributed by atoms with E-state index in [-0.39, 0.29) is 0 Å². The molecule has 0 aromatic heterocycles. The second-order valence-electron chi connectivity index (χ2n) is 2.13. The van der Waals surface area contributed by atoms with Crippen molar-refractivity contribution in [3.63, 3.8) is 0 Å².